The first-order valence-electron chi connectivity index (χ1n) is 6.70. The normalized spacial score (nSPS) is 12.0. The molecular formula is C17H19FO3. The van der Waals surface area contributed by atoms with Crippen LogP contribution < -0.4 is 9.47 Å². The number of hydrogen-bond acceptors (Lipinski definition) is 3. The fraction of sp³-hybridized carbons (Fsp3) is 0.294. The molecule has 21 heavy (non-hydrogen) atoms. The predicted octanol–water partition coefficient (Wildman–Crippen LogP) is 3.43. The van der Waals surface area contributed by atoms with Crippen LogP contribution in [0.2, 0.25) is 0 Å². The van der Waals surface area contributed by atoms with Gasteiger partial charge in [-0.2, -0.15) is 0 Å². The minimum absolute atomic E-state index is 0.249. The van der Waals surface area contributed by atoms with Gasteiger partial charge in [0.05, 0.1) is 20.3 Å². The van der Waals surface area contributed by atoms with Gasteiger partial charge in [0.15, 0.2) is 0 Å². The number of rotatable bonds is 5. The van der Waals surface area contributed by atoms with Gasteiger partial charge in [0.1, 0.15) is 17.3 Å². The average molecular weight is 290 g/mol. The van der Waals surface area contributed by atoms with Gasteiger partial charge in [0.25, 0.3) is 0 Å². The van der Waals surface area contributed by atoms with Crippen LogP contribution in [0.1, 0.15) is 22.8 Å². The summed E-state index contributed by atoms with van der Waals surface area (Å²) < 4.78 is 24.2. The number of ether oxygens (including phenoxy) is 2. The summed E-state index contributed by atoms with van der Waals surface area (Å²) in [5.74, 6) is 0.638. The number of methoxy groups -OCH3 is 2. The Morgan fingerprint density at radius 3 is 2.48 bits per heavy atom. The first-order chi connectivity index (χ1) is 10.0. The maximum atomic E-state index is 14.0. The first kappa shape index (κ1) is 15.3. The molecule has 0 aliphatic carbocycles. The number of benzene rings is 2. The van der Waals surface area contributed by atoms with Crippen molar-refractivity contribution >= 4 is 0 Å². The molecular weight excluding hydrogens is 271 g/mol. The van der Waals surface area contributed by atoms with E-state index in [-0.39, 0.29) is 12.0 Å². The highest BCUT2D eigenvalue weighted by atomic mass is 19.1. The lowest BCUT2D eigenvalue weighted by Crippen LogP contribution is -2.06. The number of aryl methyl sites for hydroxylation is 1. The fourth-order valence-corrected chi connectivity index (χ4v) is 2.29. The number of aliphatic hydroxyl groups excluding tert-OH is 1. The van der Waals surface area contributed by atoms with E-state index in [9.17, 15) is 9.50 Å². The quantitative estimate of drug-likeness (QED) is 0.917. The van der Waals surface area contributed by atoms with Crippen LogP contribution in [0.4, 0.5) is 4.39 Å². The van der Waals surface area contributed by atoms with E-state index in [1.54, 1.807) is 19.2 Å². The smallest absolute Gasteiger partial charge is 0.132 e. The fourth-order valence-electron chi connectivity index (χ4n) is 2.29. The SMILES string of the molecule is COc1ccc(C(O)Cc2cc(C)ccc2OC)c(F)c1. The summed E-state index contributed by atoms with van der Waals surface area (Å²) in [5, 5.41) is 10.3. The van der Waals surface area contributed by atoms with Crippen molar-refractivity contribution in [2.24, 2.45) is 0 Å². The molecule has 112 valence electrons. The molecule has 2 aromatic rings. The monoisotopic (exact) mass is 290 g/mol. The van der Waals surface area contributed by atoms with Crippen molar-refractivity contribution in [3.63, 3.8) is 0 Å². The van der Waals surface area contributed by atoms with E-state index in [2.05, 4.69) is 0 Å². The molecule has 0 aliphatic heterocycles. The lowest BCUT2D eigenvalue weighted by Gasteiger charge is -2.15. The van der Waals surface area contributed by atoms with Crippen LogP contribution in [0.3, 0.4) is 0 Å². The molecule has 0 saturated carbocycles. The molecule has 0 amide bonds. The topological polar surface area (TPSA) is 38.7 Å². The molecule has 0 aliphatic rings. The second-order valence-electron chi connectivity index (χ2n) is 4.92. The van der Waals surface area contributed by atoms with Crippen molar-refractivity contribution in [3.8, 4) is 11.5 Å². The Labute approximate surface area is 124 Å². The van der Waals surface area contributed by atoms with Crippen molar-refractivity contribution in [2.45, 2.75) is 19.4 Å². The molecule has 2 rings (SSSR count). The highest BCUT2D eigenvalue weighted by Gasteiger charge is 2.16. The minimum atomic E-state index is -0.938. The molecule has 0 saturated heterocycles. The van der Waals surface area contributed by atoms with Crippen LogP contribution in [0.15, 0.2) is 36.4 Å². The van der Waals surface area contributed by atoms with Crippen LogP contribution >= 0.6 is 0 Å². The van der Waals surface area contributed by atoms with Crippen molar-refractivity contribution in [2.75, 3.05) is 14.2 Å². The van der Waals surface area contributed by atoms with Gasteiger partial charge in [0.2, 0.25) is 0 Å². The van der Waals surface area contributed by atoms with E-state index in [1.807, 2.05) is 25.1 Å². The lowest BCUT2D eigenvalue weighted by molar-refractivity contribution is 0.172. The van der Waals surface area contributed by atoms with Crippen molar-refractivity contribution < 1.29 is 19.0 Å². The molecule has 0 heterocycles. The minimum Gasteiger partial charge on any atom is -0.497 e. The zero-order chi connectivity index (χ0) is 15.4. The van der Waals surface area contributed by atoms with Crippen LogP contribution in [-0.4, -0.2) is 19.3 Å². The van der Waals surface area contributed by atoms with E-state index < -0.39 is 11.9 Å². The van der Waals surface area contributed by atoms with Gasteiger partial charge in [0, 0.05) is 18.1 Å². The van der Waals surface area contributed by atoms with E-state index in [0.717, 1.165) is 11.1 Å². The maximum Gasteiger partial charge on any atom is 0.132 e. The largest absolute Gasteiger partial charge is 0.497 e. The summed E-state index contributed by atoms with van der Waals surface area (Å²) in [6, 6.07) is 10.2. The van der Waals surface area contributed by atoms with Crippen LogP contribution in [0.5, 0.6) is 11.5 Å². The maximum absolute atomic E-state index is 14.0. The second-order valence-corrected chi connectivity index (χ2v) is 4.92. The van der Waals surface area contributed by atoms with Gasteiger partial charge in [-0.1, -0.05) is 17.7 Å². The molecule has 2 aromatic carbocycles. The molecule has 3 nitrogen and oxygen atoms in total. The third-order valence-electron chi connectivity index (χ3n) is 3.42. The van der Waals surface area contributed by atoms with Crippen molar-refractivity contribution in [3.05, 3.63) is 58.9 Å². The van der Waals surface area contributed by atoms with Gasteiger partial charge in [-0.05, 0) is 30.7 Å². The standard InChI is InChI=1S/C17H19FO3/c1-11-4-7-17(21-3)12(8-11)9-16(19)14-6-5-13(20-2)10-15(14)18/h4-8,10,16,19H,9H2,1-3H3. The van der Waals surface area contributed by atoms with Gasteiger partial charge in [-0.25, -0.2) is 4.39 Å². The third kappa shape index (κ3) is 3.52. The van der Waals surface area contributed by atoms with E-state index in [4.69, 9.17) is 9.47 Å². The second kappa shape index (κ2) is 6.59. The van der Waals surface area contributed by atoms with E-state index in [0.29, 0.717) is 11.5 Å². The molecule has 0 bridgehead atoms. The van der Waals surface area contributed by atoms with E-state index in [1.165, 1.54) is 13.2 Å². The molecule has 0 spiro atoms. The number of halogens is 1. The van der Waals surface area contributed by atoms with Gasteiger partial charge in [-0.3, -0.25) is 0 Å². The van der Waals surface area contributed by atoms with Gasteiger partial charge < -0.3 is 14.6 Å². The zero-order valence-electron chi connectivity index (χ0n) is 12.4. The lowest BCUT2D eigenvalue weighted by atomic mass is 9.99. The Morgan fingerprint density at radius 1 is 1.10 bits per heavy atom. The van der Waals surface area contributed by atoms with Gasteiger partial charge >= 0.3 is 0 Å². The summed E-state index contributed by atoms with van der Waals surface area (Å²) in [4.78, 5) is 0. The van der Waals surface area contributed by atoms with Crippen LogP contribution in [-0.2, 0) is 6.42 Å². The Bertz CT molecular complexity index is 625. The summed E-state index contributed by atoms with van der Waals surface area (Å²) >= 11 is 0. The summed E-state index contributed by atoms with van der Waals surface area (Å²) in [5.41, 5.74) is 2.16. The Hall–Kier alpha value is -2.07. The predicted molar refractivity (Wildman–Crippen MR) is 79.3 cm³/mol. The first-order valence-corrected chi connectivity index (χ1v) is 6.70. The molecule has 4 heteroatoms. The molecule has 0 aromatic heterocycles. The average Bonchev–Trinajstić information content (AvgIpc) is 2.47. The Morgan fingerprint density at radius 2 is 1.86 bits per heavy atom. The van der Waals surface area contributed by atoms with Gasteiger partial charge in [-0.15, -0.1) is 0 Å². The van der Waals surface area contributed by atoms with E-state index >= 15 is 0 Å². The molecule has 1 atom stereocenters. The number of aliphatic hydroxyl groups is 1. The van der Waals surface area contributed by atoms with Crippen molar-refractivity contribution in [1.29, 1.82) is 0 Å². The molecule has 1 N–H and O–H groups in total. The highest BCUT2D eigenvalue weighted by molar-refractivity contribution is 5.38. The summed E-state index contributed by atoms with van der Waals surface area (Å²) in [7, 11) is 3.05. The molecule has 0 radical (unpaired) electrons. The Balaban J connectivity index is 2.25. The molecule has 1 unspecified atom stereocenters. The van der Waals surface area contributed by atoms with Crippen molar-refractivity contribution in [1.82, 2.24) is 0 Å². The van der Waals surface area contributed by atoms with Crippen LogP contribution in [0.25, 0.3) is 0 Å². The zero-order valence-corrected chi connectivity index (χ0v) is 12.4. The Kier molecular flexibility index (Phi) is 4.81. The van der Waals surface area contributed by atoms with Crippen LogP contribution in [0, 0.1) is 12.7 Å². The molecule has 0 fully saturated rings. The number of hydrogen-bond donors (Lipinski definition) is 1. The highest BCUT2D eigenvalue weighted by Crippen LogP contribution is 2.28. The summed E-state index contributed by atoms with van der Waals surface area (Å²) in [6.07, 6.45) is -0.653. The summed E-state index contributed by atoms with van der Waals surface area (Å²) in [6.45, 7) is 1.96. The third-order valence-corrected chi connectivity index (χ3v) is 3.42.